The average Bonchev–Trinajstić information content (AvgIpc) is 3.24. The first-order chi connectivity index (χ1) is 27.0. The Labute approximate surface area is 323 Å². The molecule has 4 heteroatoms. The van der Waals surface area contributed by atoms with Crippen LogP contribution in [0.25, 0.3) is 56.4 Å². The average molecular weight is 711 g/mol. The van der Waals surface area contributed by atoms with E-state index in [0.29, 0.717) is 23.0 Å². The monoisotopic (exact) mass is 710 g/mol. The van der Waals surface area contributed by atoms with Gasteiger partial charge in [0.2, 0.25) is 0 Å². The molecule has 2 atom stereocenters. The van der Waals surface area contributed by atoms with Crippen LogP contribution in [-0.4, -0.2) is 15.0 Å². The summed E-state index contributed by atoms with van der Waals surface area (Å²) >= 11 is 0. The van der Waals surface area contributed by atoms with Gasteiger partial charge < -0.3 is 0 Å². The molecule has 4 nitrogen and oxygen atoms in total. The normalized spacial score (nSPS) is 22.3. The molecule has 4 aliphatic carbocycles. The molecule has 0 spiro atoms. The van der Waals surface area contributed by atoms with Gasteiger partial charge in [-0.3, -0.25) is 0 Å². The SMILES string of the molecule is Cc1ccc(-c2nc(-c3ccccc3)nc(-c3ccccc3)n2)cc1-c1ccc(C23CC4CC(CC(c5ccc(-c6ccc(C#N)cc6)cc5)(C4)C2)C3)cc1. The van der Waals surface area contributed by atoms with Crippen LogP contribution in [0.2, 0.25) is 0 Å². The van der Waals surface area contributed by atoms with Gasteiger partial charge in [-0.2, -0.15) is 5.26 Å². The van der Waals surface area contributed by atoms with E-state index >= 15 is 0 Å². The molecule has 11 rings (SSSR count). The van der Waals surface area contributed by atoms with E-state index in [9.17, 15) is 5.26 Å². The fraction of sp³-hybridized carbons (Fsp3) is 0.216. The predicted molar refractivity (Wildman–Crippen MR) is 221 cm³/mol. The van der Waals surface area contributed by atoms with Crippen molar-refractivity contribution in [3.05, 3.63) is 174 Å². The summed E-state index contributed by atoms with van der Waals surface area (Å²) < 4.78 is 0. The van der Waals surface area contributed by atoms with Gasteiger partial charge in [-0.1, -0.05) is 133 Å². The minimum Gasteiger partial charge on any atom is -0.208 e. The Balaban J connectivity index is 0.959. The highest BCUT2D eigenvalue weighted by molar-refractivity contribution is 5.75. The Hall–Kier alpha value is -6.18. The summed E-state index contributed by atoms with van der Waals surface area (Å²) in [5.41, 5.74) is 13.1. The largest absolute Gasteiger partial charge is 0.208 e. The quantitative estimate of drug-likeness (QED) is 0.165. The first-order valence-corrected chi connectivity index (χ1v) is 19.7. The Kier molecular flexibility index (Phi) is 8.07. The number of hydrogen-bond donors (Lipinski definition) is 0. The smallest absolute Gasteiger partial charge is 0.164 e. The topological polar surface area (TPSA) is 62.5 Å². The maximum atomic E-state index is 9.24. The van der Waals surface area contributed by atoms with Crippen LogP contribution in [0.15, 0.2) is 152 Å². The highest BCUT2D eigenvalue weighted by atomic mass is 15.0. The van der Waals surface area contributed by atoms with E-state index in [1.54, 1.807) is 0 Å². The molecule has 55 heavy (non-hydrogen) atoms. The molecule has 266 valence electrons. The number of nitrogens with zero attached hydrogens (tertiary/aromatic N) is 4. The molecule has 0 radical (unpaired) electrons. The second-order valence-corrected chi connectivity index (χ2v) is 16.4. The maximum Gasteiger partial charge on any atom is 0.164 e. The van der Waals surface area contributed by atoms with Gasteiger partial charge >= 0.3 is 0 Å². The fourth-order valence-electron chi connectivity index (χ4n) is 10.7. The summed E-state index contributed by atoms with van der Waals surface area (Å²) in [5, 5.41) is 9.24. The summed E-state index contributed by atoms with van der Waals surface area (Å²) in [6, 6.07) is 56.1. The molecule has 0 N–H and O–H groups in total. The molecule has 1 aromatic heterocycles. The third kappa shape index (κ3) is 6.05. The molecule has 4 saturated carbocycles. The number of nitriles is 1. The van der Waals surface area contributed by atoms with E-state index in [0.717, 1.165) is 34.1 Å². The molecule has 1 heterocycles. The number of aromatic nitrogens is 3. The van der Waals surface area contributed by atoms with Crippen LogP contribution < -0.4 is 0 Å². The fourth-order valence-corrected chi connectivity index (χ4v) is 10.7. The van der Waals surface area contributed by atoms with Crippen LogP contribution in [0.3, 0.4) is 0 Å². The minimum absolute atomic E-state index is 0.220. The van der Waals surface area contributed by atoms with Crippen molar-refractivity contribution in [2.45, 2.75) is 56.3 Å². The van der Waals surface area contributed by atoms with Crippen LogP contribution in [0, 0.1) is 30.1 Å². The van der Waals surface area contributed by atoms with Gasteiger partial charge in [0.1, 0.15) is 0 Å². The van der Waals surface area contributed by atoms with E-state index < -0.39 is 0 Å². The van der Waals surface area contributed by atoms with E-state index in [4.69, 9.17) is 15.0 Å². The third-order valence-electron chi connectivity index (χ3n) is 12.9. The van der Waals surface area contributed by atoms with Crippen LogP contribution in [-0.2, 0) is 10.8 Å². The number of rotatable bonds is 7. The predicted octanol–water partition coefficient (Wildman–Crippen LogP) is 12.2. The van der Waals surface area contributed by atoms with Crippen molar-refractivity contribution in [1.82, 2.24) is 15.0 Å². The molecule has 0 amide bonds. The number of aryl methyl sites for hydroxylation is 1. The van der Waals surface area contributed by atoms with Crippen molar-refractivity contribution in [3.63, 3.8) is 0 Å². The van der Waals surface area contributed by atoms with Gasteiger partial charge in [0, 0.05) is 16.7 Å². The molecule has 4 aliphatic rings. The molecule has 6 aromatic carbocycles. The molecular weight excluding hydrogens is 669 g/mol. The lowest BCUT2D eigenvalue weighted by Crippen LogP contribution is -2.55. The van der Waals surface area contributed by atoms with E-state index in [2.05, 4.69) is 116 Å². The molecule has 4 fully saturated rings. The zero-order valence-corrected chi connectivity index (χ0v) is 31.1. The van der Waals surface area contributed by atoms with E-state index in [1.807, 2.05) is 48.5 Å². The lowest BCUT2D eigenvalue weighted by molar-refractivity contribution is -0.0281. The van der Waals surface area contributed by atoms with Crippen molar-refractivity contribution in [1.29, 1.82) is 5.26 Å². The van der Waals surface area contributed by atoms with Crippen molar-refractivity contribution in [2.75, 3.05) is 0 Å². The van der Waals surface area contributed by atoms with Crippen LogP contribution in [0.5, 0.6) is 0 Å². The highest BCUT2D eigenvalue weighted by Gasteiger charge is 2.58. The second kappa shape index (κ2) is 13.3. The molecule has 4 bridgehead atoms. The number of benzene rings is 6. The van der Waals surface area contributed by atoms with Gasteiger partial charge in [0.05, 0.1) is 11.6 Å². The van der Waals surface area contributed by atoms with Gasteiger partial charge in [-0.15, -0.1) is 0 Å². The van der Waals surface area contributed by atoms with E-state index in [1.165, 1.54) is 71.9 Å². The maximum absolute atomic E-state index is 9.24. The van der Waals surface area contributed by atoms with Gasteiger partial charge in [0.15, 0.2) is 17.5 Å². The Morgan fingerprint density at radius 3 is 1.42 bits per heavy atom. The van der Waals surface area contributed by atoms with Crippen LogP contribution >= 0.6 is 0 Å². The molecule has 7 aromatic rings. The van der Waals surface area contributed by atoms with Gasteiger partial charge in [0.25, 0.3) is 0 Å². The van der Waals surface area contributed by atoms with Crippen molar-refractivity contribution >= 4 is 0 Å². The zero-order valence-electron chi connectivity index (χ0n) is 31.1. The summed E-state index contributed by atoms with van der Waals surface area (Å²) in [7, 11) is 0. The second-order valence-electron chi connectivity index (χ2n) is 16.4. The summed E-state index contributed by atoms with van der Waals surface area (Å²) in [6.45, 7) is 2.20. The van der Waals surface area contributed by atoms with Gasteiger partial charge in [-0.25, -0.2) is 15.0 Å². The van der Waals surface area contributed by atoms with Crippen molar-refractivity contribution < 1.29 is 0 Å². The van der Waals surface area contributed by atoms with Crippen molar-refractivity contribution in [2.24, 2.45) is 11.8 Å². The standard InChI is InChI=1S/C51H42N4/c1-34-12-15-43(49-54-47(41-8-4-2-5-9-41)53-48(55-49)42-10-6-3-7-11-42)27-46(34)40-20-24-45(25-21-40)51-30-36-26-37(31-51)29-50(28-36,33-51)44-22-18-39(19-23-44)38-16-13-35(32-52)14-17-38/h2-25,27,36-37H,26,28-31,33H2,1H3. The van der Waals surface area contributed by atoms with E-state index in [-0.39, 0.29) is 10.8 Å². The van der Waals surface area contributed by atoms with Crippen LogP contribution in [0.1, 0.15) is 60.8 Å². The summed E-state index contributed by atoms with van der Waals surface area (Å²) in [4.78, 5) is 14.9. The van der Waals surface area contributed by atoms with Crippen LogP contribution in [0.4, 0.5) is 0 Å². The molecule has 2 unspecified atom stereocenters. The third-order valence-corrected chi connectivity index (χ3v) is 12.9. The lowest BCUT2D eigenvalue weighted by Gasteiger charge is -2.63. The van der Waals surface area contributed by atoms with Crippen molar-refractivity contribution in [3.8, 4) is 62.5 Å². The Morgan fingerprint density at radius 2 is 0.927 bits per heavy atom. The highest BCUT2D eigenvalue weighted by Crippen LogP contribution is 2.66. The zero-order chi connectivity index (χ0) is 37.0. The lowest BCUT2D eigenvalue weighted by atomic mass is 9.41. The number of hydrogen-bond acceptors (Lipinski definition) is 4. The molecule has 0 saturated heterocycles. The first kappa shape index (κ1) is 33.4. The first-order valence-electron chi connectivity index (χ1n) is 19.7. The Bertz CT molecular complexity index is 2480. The Morgan fingerprint density at radius 1 is 0.491 bits per heavy atom. The summed E-state index contributed by atoms with van der Waals surface area (Å²) in [6.07, 6.45) is 7.82. The molecular formula is C51H42N4. The van der Waals surface area contributed by atoms with Gasteiger partial charge in [-0.05, 0) is 125 Å². The minimum atomic E-state index is 0.220. The summed E-state index contributed by atoms with van der Waals surface area (Å²) in [5.74, 6) is 3.58. The molecule has 0 aliphatic heterocycles.